The molecule has 0 unspecified atom stereocenters. The van der Waals surface area contributed by atoms with E-state index in [0.29, 0.717) is 24.8 Å². The number of nitrogens with zero attached hydrogens (tertiary/aromatic N) is 2. The molecule has 0 aromatic heterocycles. The molecule has 232 valence electrons. The summed E-state index contributed by atoms with van der Waals surface area (Å²) in [4.78, 5) is 63.9. The number of unbranched alkanes of at least 4 members (excludes halogenated alkanes) is 2. The Balaban J connectivity index is 1.60. The third-order valence-corrected chi connectivity index (χ3v) is 11.1. The number of phenols is 1. The van der Waals surface area contributed by atoms with Gasteiger partial charge in [-0.3, -0.25) is 33.8 Å². The third-order valence-electron chi connectivity index (χ3n) is 9.22. The average molecular weight is 702 g/mol. The Morgan fingerprint density at radius 1 is 1.02 bits per heavy atom. The summed E-state index contributed by atoms with van der Waals surface area (Å²) in [5.74, 6) is -6.56. The second-order valence-corrected chi connectivity index (χ2v) is 13.0. The average Bonchev–Trinajstić information content (AvgIpc) is 3.30. The number of likely N-dealkylation sites (tertiary alicyclic amines) is 2. The molecular weight excluding hydrogens is 671 g/mol. The van der Waals surface area contributed by atoms with Crippen LogP contribution in [0.3, 0.4) is 0 Å². The van der Waals surface area contributed by atoms with E-state index in [2.05, 4.69) is 15.9 Å². The van der Waals surface area contributed by atoms with Crippen LogP contribution in [0.2, 0.25) is 0 Å². The molecule has 2 heterocycles. The molecule has 1 saturated carbocycles. The number of fused-ring (bicyclic) bond motifs is 4. The van der Waals surface area contributed by atoms with E-state index in [1.165, 1.54) is 31.3 Å². The van der Waals surface area contributed by atoms with Crippen LogP contribution < -0.4 is 9.47 Å². The van der Waals surface area contributed by atoms with Gasteiger partial charge in [-0.2, -0.15) is 0 Å². The number of imide groups is 2. The lowest BCUT2D eigenvalue weighted by Crippen LogP contribution is -2.60. The molecule has 0 radical (unpaired) electrons. The van der Waals surface area contributed by atoms with Gasteiger partial charge in [0.05, 0.1) is 31.5 Å². The van der Waals surface area contributed by atoms with Crippen molar-refractivity contribution in [3.05, 3.63) is 29.3 Å². The molecule has 3 fully saturated rings. The lowest BCUT2D eigenvalue weighted by Gasteiger charge is -2.51. The Kier molecular flexibility index (Phi) is 8.51. The number of hydrogen-bond acceptors (Lipinski definition) is 8. The molecule has 2 N–H and O–H groups in total. The summed E-state index contributed by atoms with van der Waals surface area (Å²) >= 11 is 17.6. The van der Waals surface area contributed by atoms with Crippen LogP contribution in [-0.2, 0) is 24.0 Å². The van der Waals surface area contributed by atoms with Gasteiger partial charge in [0.15, 0.2) is 9.75 Å². The van der Waals surface area contributed by atoms with Gasteiger partial charge in [-0.15, -0.1) is 23.2 Å². The fourth-order valence-electron chi connectivity index (χ4n) is 7.24. The van der Waals surface area contributed by atoms with E-state index in [1.54, 1.807) is 6.08 Å². The summed E-state index contributed by atoms with van der Waals surface area (Å²) in [6.07, 6.45) is 3.18. The van der Waals surface area contributed by atoms with Crippen molar-refractivity contribution in [1.82, 2.24) is 9.80 Å². The first-order chi connectivity index (χ1) is 20.4. The second kappa shape index (κ2) is 11.6. The number of aromatic hydroxyl groups is 1. The topological polar surface area (TPSA) is 151 Å². The van der Waals surface area contributed by atoms with Crippen molar-refractivity contribution in [2.45, 2.75) is 54.2 Å². The maximum atomic E-state index is 13.9. The van der Waals surface area contributed by atoms with Crippen molar-refractivity contribution < 1.29 is 43.7 Å². The molecule has 4 amide bonds. The molecule has 2 aliphatic carbocycles. The van der Waals surface area contributed by atoms with Crippen LogP contribution in [0.25, 0.3) is 0 Å². The van der Waals surface area contributed by atoms with Crippen LogP contribution in [0.1, 0.15) is 50.0 Å². The molecule has 43 heavy (non-hydrogen) atoms. The predicted octanol–water partition coefficient (Wildman–Crippen LogP) is 3.77. The number of benzene rings is 1. The molecular formula is C29H31BrCl2N2O9. The first-order valence-electron chi connectivity index (χ1n) is 13.9. The molecule has 14 heteroatoms. The minimum absolute atomic E-state index is 0.00169. The van der Waals surface area contributed by atoms with Crippen molar-refractivity contribution in [3.63, 3.8) is 0 Å². The third kappa shape index (κ3) is 4.63. The number of methoxy groups -OCH3 is 2. The zero-order valence-electron chi connectivity index (χ0n) is 23.5. The van der Waals surface area contributed by atoms with Gasteiger partial charge in [0.2, 0.25) is 11.8 Å². The van der Waals surface area contributed by atoms with E-state index in [1.807, 2.05) is 0 Å². The highest BCUT2D eigenvalue weighted by molar-refractivity contribution is 9.09. The van der Waals surface area contributed by atoms with Gasteiger partial charge >= 0.3 is 5.97 Å². The smallest absolute Gasteiger partial charge is 0.303 e. The highest BCUT2D eigenvalue weighted by Crippen LogP contribution is 2.67. The van der Waals surface area contributed by atoms with Crippen molar-refractivity contribution in [3.8, 4) is 17.2 Å². The Morgan fingerprint density at radius 2 is 1.74 bits per heavy atom. The number of ether oxygens (including phenoxy) is 2. The maximum absolute atomic E-state index is 13.9. The number of carbonyl (C=O) groups is 5. The molecule has 6 atom stereocenters. The van der Waals surface area contributed by atoms with E-state index >= 15 is 0 Å². The number of rotatable bonds is 10. The summed E-state index contributed by atoms with van der Waals surface area (Å²) in [5.41, 5.74) is 0.463. The number of hydrogen-bond donors (Lipinski definition) is 2. The minimum Gasteiger partial charge on any atom is -0.507 e. The van der Waals surface area contributed by atoms with Crippen LogP contribution in [0.15, 0.2) is 23.8 Å². The molecule has 1 aromatic carbocycles. The second-order valence-electron chi connectivity index (χ2n) is 11.3. The highest BCUT2D eigenvalue weighted by Gasteiger charge is 2.76. The maximum Gasteiger partial charge on any atom is 0.303 e. The monoisotopic (exact) mass is 700 g/mol. The fraction of sp³-hybridized carbons (Fsp3) is 0.552. The van der Waals surface area contributed by atoms with E-state index < -0.39 is 57.1 Å². The largest absolute Gasteiger partial charge is 0.507 e. The molecule has 0 bridgehead atoms. The van der Waals surface area contributed by atoms with E-state index in [4.69, 9.17) is 37.8 Å². The van der Waals surface area contributed by atoms with E-state index in [0.717, 1.165) is 4.90 Å². The van der Waals surface area contributed by atoms with Crippen LogP contribution in [-0.4, -0.2) is 85.6 Å². The first kappa shape index (κ1) is 31.6. The summed E-state index contributed by atoms with van der Waals surface area (Å²) in [5, 5.41) is 20.2. The van der Waals surface area contributed by atoms with Gasteiger partial charge in [0, 0.05) is 36.6 Å². The Bertz CT molecular complexity index is 1440. The quantitative estimate of drug-likeness (QED) is 0.122. The number of allylic oxidation sites excluding steroid dienone is 2. The molecule has 5 rings (SSSR count). The van der Waals surface area contributed by atoms with Gasteiger partial charge in [-0.05, 0) is 31.6 Å². The lowest BCUT2D eigenvalue weighted by molar-refractivity contribution is -0.141. The van der Waals surface area contributed by atoms with Gasteiger partial charge < -0.3 is 19.7 Å². The summed E-state index contributed by atoms with van der Waals surface area (Å²) in [7, 11) is 2.78. The van der Waals surface area contributed by atoms with Crippen molar-refractivity contribution >= 4 is 68.7 Å². The Morgan fingerprint density at radius 3 is 2.37 bits per heavy atom. The van der Waals surface area contributed by atoms with E-state index in [9.17, 15) is 29.1 Å². The first-order valence-corrected chi connectivity index (χ1v) is 15.8. The number of carboxylic acids is 1. The summed E-state index contributed by atoms with van der Waals surface area (Å²) in [6, 6.07) is 2.85. The zero-order valence-corrected chi connectivity index (χ0v) is 26.6. The van der Waals surface area contributed by atoms with Crippen molar-refractivity contribution in [2.24, 2.45) is 17.8 Å². The summed E-state index contributed by atoms with van der Waals surface area (Å²) < 4.78 is 10.9. The minimum atomic E-state index is -2.09. The van der Waals surface area contributed by atoms with Gasteiger partial charge in [0.25, 0.3) is 11.8 Å². The number of carboxylic acid groups (broad SMARTS) is 1. The molecule has 2 saturated heterocycles. The Hall–Kier alpha value is -2.83. The number of phenolic OH excluding ortho intramolecular Hbond substituents is 1. The fourth-order valence-corrected chi connectivity index (χ4v) is 8.65. The lowest BCUT2D eigenvalue weighted by atomic mass is 9.56. The predicted molar refractivity (Wildman–Crippen MR) is 157 cm³/mol. The van der Waals surface area contributed by atoms with Crippen molar-refractivity contribution in [1.29, 1.82) is 0 Å². The number of amides is 4. The van der Waals surface area contributed by atoms with Crippen LogP contribution in [0.4, 0.5) is 0 Å². The standard InChI is InChI=1S/C29H31BrCl2N2O9/c1-42-14-10-18(35)22(19(11-14)43-2)23-15-7-8-16-21(25(39)33(24(16)38)9-5-3-4-6-20(36)37)17(15)12-28(31)26(40)34(13-30)27(41)29(23,28)32/h7,10-11,16-17,21,23,35H,3-6,8-9,12-13H2,1-2H3,(H,36,37)/t16-,17+,21-,23+,28+,29-/m0/s1. The molecule has 0 spiro atoms. The molecule has 11 nitrogen and oxygen atoms in total. The normalized spacial score (nSPS) is 31.5. The van der Waals surface area contributed by atoms with Crippen LogP contribution in [0, 0.1) is 17.8 Å². The number of carbonyl (C=O) groups excluding carboxylic acids is 4. The van der Waals surface area contributed by atoms with E-state index in [-0.39, 0.29) is 60.0 Å². The SMILES string of the molecule is COc1cc(O)c([C@H]2C3=CC[C@@H]4C(=O)N(CCCCCC(=O)O)C(=O)[C@@H]4[C@@H]3C[C@@]3(Cl)C(=O)N(CBr)C(=O)[C@@]23Cl)c(OC)c1. The van der Waals surface area contributed by atoms with Gasteiger partial charge in [0.1, 0.15) is 17.2 Å². The Labute approximate surface area is 266 Å². The van der Waals surface area contributed by atoms with Crippen LogP contribution in [0.5, 0.6) is 17.2 Å². The molecule has 2 aliphatic heterocycles. The molecule has 1 aromatic rings. The summed E-state index contributed by atoms with van der Waals surface area (Å²) in [6.45, 7) is 0.142. The van der Waals surface area contributed by atoms with Crippen LogP contribution >= 0.6 is 39.1 Å². The van der Waals surface area contributed by atoms with Crippen molar-refractivity contribution in [2.75, 3.05) is 26.2 Å². The van der Waals surface area contributed by atoms with Gasteiger partial charge in [-0.1, -0.05) is 34.0 Å². The highest BCUT2D eigenvalue weighted by atomic mass is 79.9. The molecule has 4 aliphatic rings. The number of aliphatic carboxylic acids is 1. The number of alkyl halides is 3. The number of halogens is 3. The zero-order chi connectivity index (χ0) is 31.4. The van der Waals surface area contributed by atoms with Gasteiger partial charge in [-0.25, -0.2) is 0 Å².